The quantitative estimate of drug-likeness (QED) is 0.612. The molecule has 3 nitrogen and oxygen atoms in total. The lowest BCUT2D eigenvalue weighted by molar-refractivity contribution is -0.165. The van der Waals surface area contributed by atoms with Gasteiger partial charge in [-0.3, -0.25) is 14.4 Å². The molecule has 1 aliphatic carbocycles. The first-order valence-corrected chi connectivity index (χ1v) is 8.06. The Bertz CT molecular complexity index is 663. The van der Waals surface area contributed by atoms with Crippen LogP contribution in [0.4, 0.5) is 0 Å². The smallest absolute Gasteiger partial charge is 0.181 e. The monoisotopic (exact) mass is 314 g/mol. The van der Waals surface area contributed by atoms with Gasteiger partial charge in [-0.25, -0.2) is 0 Å². The second kappa shape index (κ2) is 5.12. The van der Waals surface area contributed by atoms with Crippen LogP contribution in [0.2, 0.25) is 0 Å². The van der Waals surface area contributed by atoms with Gasteiger partial charge in [0.15, 0.2) is 17.3 Å². The molecule has 0 spiro atoms. The summed E-state index contributed by atoms with van der Waals surface area (Å²) in [6, 6.07) is 7.12. The second-order valence-corrected chi connectivity index (χ2v) is 8.22. The summed E-state index contributed by atoms with van der Waals surface area (Å²) in [5, 5.41) is 0. The molecule has 1 fully saturated rings. The number of benzene rings is 1. The summed E-state index contributed by atoms with van der Waals surface area (Å²) in [7, 11) is 0. The minimum Gasteiger partial charge on any atom is -0.298 e. The molecule has 0 radical (unpaired) electrons. The lowest BCUT2D eigenvalue weighted by Crippen LogP contribution is -2.63. The first-order chi connectivity index (χ1) is 10.4. The van der Waals surface area contributed by atoms with Crippen LogP contribution < -0.4 is 0 Å². The highest BCUT2D eigenvalue weighted by Gasteiger charge is 2.64. The number of aryl methyl sites for hydroxylation is 1. The standard InChI is InChI=1S/C20H26O3/c1-12-10-8-9-11-13(12)15(21)14-16(22)18(2,3)20(6,7)19(4,5)17(14)23/h8-11,14H,1-7H3. The zero-order chi connectivity index (χ0) is 17.8. The fraction of sp³-hybridized carbons (Fsp3) is 0.550. The average molecular weight is 314 g/mol. The summed E-state index contributed by atoms with van der Waals surface area (Å²) < 4.78 is 0. The molecule has 1 saturated carbocycles. The number of ketones is 3. The topological polar surface area (TPSA) is 51.2 Å². The number of Topliss-reactive ketones (excluding diaryl/α,β-unsaturated/α-hetero) is 3. The van der Waals surface area contributed by atoms with Gasteiger partial charge < -0.3 is 0 Å². The van der Waals surface area contributed by atoms with Gasteiger partial charge in [-0.15, -0.1) is 0 Å². The van der Waals surface area contributed by atoms with Crippen LogP contribution in [0.1, 0.15) is 57.5 Å². The van der Waals surface area contributed by atoms with Crippen molar-refractivity contribution in [2.24, 2.45) is 22.2 Å². The fourth-order valence-electron chi connectivity index (χ4n) is 3.48. The highest BCUT2D eigenvalue weighted by atomic mass is 16.2. The summed E-state index contributed by atoms with van der Waals surface area (Å²) in [4.78, 5) is 39.1. The molecule has 0 aromatic heterocycles. The molecule has 2 rings (SSSR count). The van der Waals surface area contributed by atoms with E-state index in [4.69, 9.17) is 0 Å². The molecule has 0 atom stereocenters. The number of hydrogen-bond donors (Lipinski definition) is 0. The average Bonchev–Trinajstić information content (AvgIpc) is 2.45. The Labute approximate surface area is 138 Å². The van der Waals surface area contributed by atoms with Gasteiger partial charge in [0.2, 0.25) is 0 Å². The molecular formula is C20H26O3. The van der Waals surface area contributed by atoms with Crippen LogP contribution in [0.15, 0.2) is 24.3 Å². The van der Waals surface area contributed by atoms with E-state index in [0.29, 0.717) is 5.56 Å². The van der Waals surface area contributed by atoms with E-state index in [-0.39, 0.29) is 17.3 Å². The van der Waals surface area contributed by atoms with Crippen molar-refractivity contribution in [2.45, 2.75) is 48.5 Å². The number of carbonyl (C=O) groups excluding carboxylic acids is 3. The summed E-state index contributed by atoms with van der Waals surface area (Å²) in [6.07, 6.45) is 0. The number of carbonyl (C=O) groups is 3. The van der Waals surface area contributed by atoms with Crippen LogP contribution in [0, 0.1) is 29.1 Å². The molecule has 124 valence electrons. The highest BCUT2D eigenvalue weighted by molar-refractivity contribution is 6.28. The Hall–Kier alpha value is -1.77. The van der Waals surface area contributed by atoms with Crippen LogP contribution in [0.25, 0.3) is 0 Å². The normalized spacial score (nSPS) is 22.9. The fourth-order valence-corrected chi connectivity index (χ4v) is 3.48. The van der Waals surface area contributed by atoms with Crippen LogP contribution in [0.5, 0.6) is 0 Å². The lowest BCUT2D eigenvalue weighted by Gasteiger charge is -2.55. The first-order valence-electron chi connectivity index (χ1n) is 8.06. The first kappa shape index (κ1) is 17.6. The Morgan fingerprint density at radius 2 is 1.30 bits per heavy atom. The number of rotatable bonds is 2. The minimum atomic E-state index is -1.20. The summed E-state index contributed by atoms with van der Waals surface area (Å²) >= 11 is 0. The van der Waals surface area contributed by atoms with E-state index in [0.717, 1.165) is 5.56 Å². The predicted octanol–water partition coefficient (Wildman–Crippen LogP) is 4.02. The van der Waals surface area contributed by atoms with E-state index in [2.05, 4.69) is 0 Å². The van der Waals surface area contributed by atoms with Gasteiger partial charge in [0, 0.05) is 16.4 Å². The van der Waals surface area contributed by atoms with Crippen LogP contribution >= 0.6 is 0 Å². The molecule has 1 aliphatic rings. The van der Waals surface area contributed by atoms with Crippen LogP contribution in [-0.4, -0.2) is 17.3 Å². The Kier molecular flexibility index (Phi) is 3.91. The summed E-state index contributed by atoms with van der Waals surface area (Å²) in [6.45, 7) is 13.1. The molecule has 0 heterocycles. The minimum absolute atomic E-state index is 0.264. The Morgan fingerprint density at radius 1 is 0.870 bits per heavy atom. The van der Waals surface area contributed by atoms with Gasteiger partial charge in [0.1, 0.15) is 5.92 Å². The van der Waals surface area contributed by atoms with E-state index in [9.17, 15) is 14.4 Å². The van der Waals surface area contributed by atoms with Crippen molar-refractivity contribution >= 4 is 17.3 Å². The predicted molar refractivity (Wildman–Crippen MR) is 90.4 cm³/mol. The van der Waals surface area contributed by atoms with E-state index < -0.39 is 22.2 Å². The van der Waals surface area contributed by atoms with Crippen molar-refractivity contribution in [3.8, 4) is 0 Å². The van der Waals surface area contributed by atoms with Gasteiger partial charge in [-0.2, -0.15) is 0 Å². The third-order valence-electron chi connectivity index (χ3n) is 6.55. The van der Waals surface area contributed by atoms with Crippen molar-refractivity contribution in [3.63, 3.8) is 0 Å². The molecule has 1 aromatic carbocycles. The van der Waals surface area contributed by atoms with E-state index >= 15 is 0 Å². The SMILES string of the molecule is Cc1ccccc1C(=O)C1C(=O)C(C)(C)C(C)(C)C(C)(C)C1=O. The molecule has 0 aliphatic heterocycles. The molecule has 0 bridgehead atoms. The third-order valence-corrected chi connectivity index (χ3v) is 6.55. The van der Waals surface area contributed by atoms with Gasteiger partial charge in [0.05, 0.1) is 0 Å². The summed E-state index contributed by atoms with van der Waals surface area (Å²) in [5.41, 5.74) is -0.790. The van der Waals surface area contributed by atoms with Crippen molar-refractivity contribution in [2.75, 3.05) is 0 Å². The van der Waals surface area contributed by atoms with E-state index in [1.54, 1.807) is 12.1 Å². The molecule has 23 heavy (non-hydrogen) atoms. The maximum Gasteiger partial charge on any atom is 0.181 e. The molecule has 1 aromatic rings. The molecule has 0 saturated heterocycles. The third kappa shape index (κ3) is 2.20. The molecule has 0 unspecified atom stereocenters. The highest BCUT2D eigenvalue weighted by Crippen LogP contribution is 2.57. The zero-order valence-corrected chi connectivity index (χ0v) is 15.1. The van der Waals surface area contributed by atoms with Gasteiger partial charge in [-0.05, 0) is 17.9 Å². The van der Waals surface area contributed by atoms with E-state index in [1.807, 2.05) is 60.6 Å². The number of hydrogen-bond acceptors (Lipinski definition) is 3. The van der Waals surface area contributed by atoms with Gasteiger partial charge in [0.25, 0.3) is 0 Å². The molecule has 3 heteroatoms. The van der Waals surface area contributed by atoms with Crippen molar-refractivity contribution < 1.29 is 14.4 Å². The maximum absolute atomic E-state index is 13.0. The Balaban J connectivity index is 2.60. The largest absolute Gasteiger partial charge is 0.298 e. The van der Waals surface area contributed by atoms with Crippen molar-refractivity contribution in [1.29, 1.82) is 0 Å². The van der Waals surface area contributed by atoms with E-state index in [1.165, 1.54) is 0 Å². The molecule has 0 amide bonds. The molecule has 0 N–H and O–H groups in total. The van der Waals surface area contributed by atoms with Crippen LogP contribution in [-0.2, 0) is 9.59 Å². The molecular weight excluding hydrogens is 288 g/mol. The summed E-state index contributed by atoms with van der Waals surface area (Å²) in [5.74, 6) is -2.09. The zero-order valence-electron chi connectivity index (χ0n) is 15.1. The van der Waals surface area contributed by atoms with Crippen molar-refractivity contribution in [1.82, 2.24) is 0 Å². The maximum atomic E-state index is 13.0. The lowest BCUT2D eigenvalue weighted by atomic mass is 9.45. The van der Waals surface area contributed by atoms with Gasteiger partial charge >= 0.3 is 0 Å². The second-order valence-electron chi connectivity index (χ2n) is 8.22. The van der Waals surface area contributed by atoms with Gasteiger partial charge in [-0.1, -0.05) is 65.8 Å². The van der Waals surface area contributed by atoms with Crippen molar-refractivity contribution in [3.05, 3.63) is 35.4 Å². The Morgan fingerprint density at radius 3 is 1.74 bits per heavy atom. The van der Waals surface area contributed by atoms with Crippen LogP contribution in [0.3, 0.4) is 0 Å².